The van der Waals surface area contributed by atoms with Crippen molar-refractivity contribution in [3.05, 3.63) is 80.9 Å². The molecule has 0 aliphatic carbocycles. The summed E-state index contributed by atoms with van der Waals surface area (Å²) >= 11 is 1.24. The molecule has 1 amide bonds. The van der Waals surface area contributed by atoms with E-state index in [4.69, 9.17) is 0 Å². The van der Waals surface area contributed by atoms with Gasteiger partial charge in [0.2, 0.25) is 0 Å². The van der Waals surface area contributed by atoms with Crippen molar-refractivity contribution >= 4 is 34.8 Å². The highest BCUT2D eigenvalue weighted by atomic mass is 32.2. The smallest absolute Gasteiger partial charge is 0.358 e. The second-order valence-corrected chi connectivity index (χ2v) is 7.49. The number of amides is 1. The summed E-state index contributed by atoms with van der Waals surface area (Å²) in [6.45, 7) is 0.220. The van der Waals surface area contributed by atoms with E-state index in [9.17, 15) is 23.7 Å². The van der Waals surface area contributed by atoms with Gasteiger partial charge in [0.25, 0.3) is 5.01 Å². The molecule has 0 saturated heterocycles. The first kappa shape index (κ1) is 18.9. The van der Waals surface area contributed by atoms with E-state index in [1.807, 2.05) is 30.3 Å². The van der Waals surface area contributed by atoms with Crippen molar-refractivity contribution in [3.8, 4) is 0 Å². The van der Waals surface area contributed by atoms with Crippen molar-refractivity contribution in [1.29, 1.82) is 0 Å². The molecule has 0 saturated carbocycles. The van der Waals surface area contributed by atoms with Crippen LogP contribution in [0.4, 0.5) is 14.6 Å². The first-order valence-electron chi connectivity index (χ1n) is 7.55. The van der Waals surface area contributed by atoms with E-state index in [0.717, 1.165) is 17.7 Å². The van der Waals surface area contributed by atoms with Crippen LogP contribution in [0.25, 0.3) is 0 Å². The summed E-state index contributed by atoms with van der Waals surface area (Å²) in [6.07, 6.45) is 0. The van der Waals surface area contributed by atoms with Crippen LogP contribution in [0.3, 0.4) is 0 Å². The van der Waals surface area contributed by atoms with Gasteiger partial charge >= 0.3 is 11.7 Å². The quantitative estimate of drug-likeness (QED) is 0.483. The van der Waals surface area contributed by atoms with Gasteiger partial charge in [0, 0.05) is 6.54 Å². The zero-order chi connectivity index (χ0) is 19.4. The fourth-order valence-corrected chi connectivity index (χ4v) is 4.17. The van der Waals surface area contributed by atoms with Crippen molar-refractivity contribution in [2.24, 2.45) is 0 Å². The fourth-order valence-electron chi connectivity index (χ4n) is 2.10. The van der Waals surface area contributed by atoms with E-state index in [1.54, 1.807) is 0 Å². The number of carbonyl (C=O) groups is 1. The molecule has 3 aromatic rings. The topological polar surface area (TPSA) is 85.1 Å². The third-order valence-corrected chi connectivity index (χ3v) is 5.66. The monoisotopic (exact) mass is 407 g/mol. The molecular weight excluding hydrogens is 396 g/mol. The van der Waals surface area contributed by atoms with Gasteiger partial charge in [-0.05, 0) is 27.6 Å². The standard InChI is InChI=1S/C17H11F2N3O3S2/c18-11-7-4-8-12(19)13(11)26-17-14(22(24)25)21-16(27-17)15(23)20-9-10-5-2-1-3-6-10/h1-8H,9H2,(H,20,23). The molecule has 0 aliphatic rings. The summed E-state index contributed by atoms with van der Waals surface area (Å²) in [4.78, 5) is 26.0. The minimum atomic E-state index is -0.849. The Hall–Kier alpha value is -2.85. The lowest BCUT2D eigenvalue weighted by Gasteiger charge is -2.02. The molecule has 1 heterocycles. The maximum atomic E-state index is 13.8. The predicted molar refractivity (Wildman–Crippen MR) is 96.9 cm³/mol. The van der Waals surface area contributed by atoms with Crippen molar-refractivity contribution in [2.75, 3.05) is 0 Å². The number of nitrogens with one attached hydrogen (secondary N) is 1. The molecule has 10 heteroatoms. The molecule has 0 atom stereocenters. The van der Waals surface area contributed by atoms with Gasteiger partial charge in [-0.2, -0.15) is 0 Å². The van der Waals surface area contributed by atoms with Gasteiger partial charge in [0.05, 0.1) is 4.90 Å². The summed E-state index contributed by atoms with van der Waals surface area (Å²) < 4.78 is 27.6. The van der Waals surface area contributed by atoms with Crippen molar-refractivity contribution < 1.29 is 18.5 Å². The van der Waals surface area contributed by atoms with Gasteiger partial charge in [-0.25, -0.2) is 8.78 Å². The van der Waals surface area contributed by atoms with E-state index in [-0.39, 0.29) is 20.7 Å². The average Bonchev–Trinajstić information content (AvgIpc) is 3.08. The number of thiazole rings is 1. The molecule has 1 N–H and O–H groups in total. The van der Waals surface area contributed by atoms with Crippen LogP contribution in [0, 0.1) is 21.7 Å². The van der Waals surface area contributed by atoms with Gasteiger partial charge in [0.1, 0.15) is 11.6 Å². The van der Waals surface area contributed by atoms with E-state index < -0.39 is 28.3 Å². The van der Waals surface area contributed by atoms with Crippen molar-refractivity contribution in [1.82, 2.24) is 10.3 Å². The third kappa shape index (κ3) is 4.47. The van der Waals surface area contributed by atoms with Crippen molar-refractivity contribution in [3.63, 3.8) is 0 Å². The van der Waals surface area contributed by atoms with Crippen LogP contribution in [0.15, 0.2) is 57.6 Å². The van der Waals surface area contributed by atoms with Crippen molar-refractivity contribution in [2.45, 2.75) is 15.6 Å². The lowest BCUT2D eigenvalue weighted by atomic mass is 10.2. The Bertz CT molecular complexity index is 976. The zero-order valence-electron chi connectivity index (χ0n) is 13.5. The van der Waals surface area contributed by atoms with Crippen LogP contribution in [-0.2, 0) is 6.54 Å². The number of aromatic nitrogens is 1. The first-order chi connectivity index (χ1) is 13.0. The maximum Gasteiger partial charge on any atom is 0.389 e. The summed E-state index contributed by atoms with van der Waals surface area (Å²) in [5.74, 6) is -2.92. The minimum absolute atomic E-state index is 0.0751. The highest BCUT2D eigenvalue weighted by molar-refractivity contribution is 8.01. The number of nitrogens with zero attached hydrogens (tertiary/aromatic N) is 2. The SMILES string of the molecule is O=C(NCc1ccccc1)c1nc([N+](=O)[O-])c(Sc2c(F)cccc2F)s1. The third-order valence-electron chi connectivity index (χ3n) is 3.36. The molecule has 0 aliphatic heterocycles. The first-order valence-corrected chi connectivity index (χ1v) is 9.18. The Morgan fingerprint density at radius 3 is 2.44 bits per heavy atom. The lowest BCUT2D eigenvalue weighted by Crippen LogP contribution is -2.22. The second-order valence-electron chi connectivity index (χ2n) is 5.21. The Balaban J connectivity index is 1.82. The summed E-state index contributed by atoms with van der Waals surface area (Å²) in [7, 11) is 0. The minimum Gasteiger partial charge on any atom is -0.358 e. The summed E-state index contributed by atoms with van der Waals surface area (Å²) in [5, 5.41) is 13.7. The average molecular weight is 407 g/mol. The molecule has 0 unspecified atom stereocenters. The highest BCUT2D eigenvalue weighted by Gasteiger charge is 2.29. The Kier molecular flexibility index (Phi) is 5.77. The van der Waals surface area contributed by atoms with Crippen LogP contribution in [0.2, 0.25) is 0 Å². The molecule has 1 aromatic heterocycles. The predicted octanol–water partition coefficient (Wildman–Crippen LogP) is 4.41. The maximum absolute atomic E-state index is 13.8. The number of rotatable bonds is 6. The molecule has 138 valence electrons. The highest BCUT2D eigenvalue weighted by Crippen LogP contribution is 2.41. The number of nitro groups is 1. The van der Waals surface area contributed by atoms with Crippen LogP contribution < -0.4 is 5.32 Å². The Morgan fingerprint density at radius 1 is 1.15 bits per heavy atom. The van der Waals surface area contributed by atoms with E-state index in [0.29, 0.717) is 23.1 Å². The van der Waals surface area contributed by atoms with Crippen LogP contribution in [0.1, 0.15) is 15.4 Å². The number of benzene rings is 2. The largest absolute Gasteiger partial charge is 0.389 e. The number of hydrogen-bond donors (Lipinski definition) is 1. The molecular formula is C17H11F2N3O3S2. The Morgan fingerprint density at radius 2 is 1.81 bits per heavy atom. The molecule has 27 heavy (non-hydrogen) atoms. The van der Waals surface area contributed by atoms with Crippen LogP contribution in [0.5, 0.6) is 0 Å². The normalized spacial score (nSPS) is 10.6. The summed E-state index contributed by atoms with van der Waals surface area (Å²) in [5.41, 5.74) is 0.847. The molecule has 0 fully saturated rings. The van der Waals surface area contributed by atoms with Crippen LogP contribution in [-0.4, -0.2) is 15.8 Å². The molecule has 3 rings (SSSR count). The van der Waals surface area contributed by atoms with E-state index in [1.165, 1.54) is 6.07 Å². The van der Waals surface area contributed by atoms with Gasteiger partial charge in [-0.3, -0.25) is 4.79 Å². The van der Waals surface area contributed by atoms with E-state index in [2.05, 4.69) is 10.3 Å². The second kappa shape index (κ2) is 8.23. The van der Waals surface area contributed by atoms with Gasteiger partial charge < -0.3 is 15.4 Å². The zero-order valence-corrected chi connectivity index (χ0v) is 15.2. The number of halogens is 2. The lowest BCUT2D eigenvalue weighted by molar-refractivity contribution is -0.391. The summed E-state index contributed by atoms with van der Waals surface area (Å²) in [6, 6.07) is 12.4. The molecule has 0 spiro atoms. The molecule has 0 bridgehead atoms. The fraction of sp³-hybridized carbons (Fsp3) is 0.0588. The molecule has 6 nitrogen and oxygen atoms in total. The van der Waals surface area contributed by atoms with Gasteiger partial charge in [-0.15, -0.1) is 0 Å². The Labute approximate surface area is 160 Å². The number of hydrogen-bond acceptors (Lipinski definition) is 6. The van der Waals surface area contributed by atoms with E-state index >= 15 is 0 Å². The molecule has 2 aromatic carbocycles. The van der Waals surface area contributed by atoms with Crippen LogP contribution >= 0.6 is 23.1 Å². The van der Waals surface area contributed by atoms with Gasteiger partial charge in [-0.1, -0.05) is 59.5 Å². The van der Waals surface area contributed by atoms with Gasteiger partial charge in [0.15, 0.2) is 4.21 Å². The molecule has 0 radical (unpaired) electrons. The number of carbonyl (C=O) groups excluding carboxylic acids is 1.